The fourth-order valence-electron chi connectivity index (χ4n) is 8.84. The maximum absolute atomic E-state index is 6.11. The molecule has 0 saturated carbocycles. The zero-order valence-electron chi connectivity index (χ0n) is 31.2. The molecule has 3 heteroatoms. The van der Waals surface area contributed by atoms with E-state index >= 15 is 0 Å². The Morgan fingerprint density at radius 2 is 0.929 bits per heavy atom. The highest BCUT2D eigenvalue weighted by Crippen LogP contribution is 2.56. The number of anilines is 3. The predicted molar refractivity (Wildman–Crippen MR) is 238 cm³/mol. The average molecular weight is 736 g/mol. The van der Waals surface area contributed by atoms with Gasteiger partial charge in [0.15, 0.2) is 0 Å². The van der Waals surface area contributed by atoms with Gasteiger partial charge in [0.05, 0.1) is 0 Å². The van der Waals surface area contributed by atoms with Crippen molar-refractivity contribution in [2.45, 2.75) is 19.3 Å². The number of rotatable bonds is 6. The molecule has 0 spiro atoms. The lowest BCUT2D eigenvalue weighted by Crippen LogP contribution is -2.14. The molecule has 2 nitrogen and oxygen atoms in total. The summed E-state index contributed by atoms with van der Waals surface area (Å²) in [6.07, 6.45) is 0. The fraction of sp³-hybridized carbons (Fsp3) is 0.0566. The normalized spacial score (nSPS) is 13.0. The quantitative estimate of drug-likeness (QED) is 0.169. The third kappa shape index (κ3) is 5.23. The zero-order valence-corrected chi connectivity index (χ0v) is 32.0. The largest absolute Gasteiger partial charge is 0.456 e. The van der Waals surface area contributed by atoms with E-state index < -0.39 is 0 Å². The average Bonchev–Trinajstić information content (AvgIpc) is 3.90. The molecule has 2 heterocycles. The Balaban J connectivity index is 0.962. The molecule has 0 atom stereocenters. The summed E-state index contributed by atoms with van der Waals surface area (Å²) in [6, 6.07) is 68.1. The minimum Gasteiger partial charge on any atom is -0.456 e. The smallest absolute Gasteiger partial charge is 0.135 e. The molecule has 0 amide bonds. The molecular weight excluding hydrogens is 699 g/mol. The van der Waals surface area contributed by atoms with Crippen molar-refractivity contribution < 1.29 is 4.42 Å². The summed E-state index contributed by atoms with van der Waals surface area (Å²) in [7, 11) is 0. The first-order chi connectivity index (χ1) is 27.5. The predicted octanol–water partition coefficient (Wildman–Crippen LogP) is 15.6. The van der Waals surface area contributed by atoms with Crippen LogP contribution in [-0.2, 0) is 5.41 Å². The molecule has 0 bridgehead atoms. The molecule has 0 radical (unpaired) electrons. The first-order valence-corrected chi connectivity index (χ1v) is 20.1. The second-order valence-electron chi connectivity index (χ2n) is 15.3. The van der Waals surface area contributed by atoms with E-state index in [1.54, 1.807) is 0 Å². The molecular formula is C53H37NOS. The van der Waals surface area contributed by atoms with E-state index in [0.717, 1.165) is 44.6 Å². The number of thiophene rings is 1. The van der Waals surface area contributed by atoms with Gasteiger partial charge in [0, 0.05) is 42.8 Å². The Bertz CT molecular complexity index is 3080. The molecule has 11 rings (SSSR count). The van der Waals surface area contributed by atoms with Gasteiger partial charge < -0.3 is 9.32 Å². The van der Waals surface area contributed by atoms with Crippen LogP contribution in [0, 0.1) is 0 Å². The fourth-order valence-corrected chi connectivity index (χ4v) is 10.2. The third-order valence-corrected chi connectivity index (χ3v) is 12.9. The number of furan rings is 1. The van der Waals surface area contributed by atoms with Crippen molar-refractivity contribution in [3.63, 3.8) is 0 Å². The number of fused-ring (bicyclic) bond motifs is 8. The van der Waals surface area contributed by atoms with Crippen molar-refractivity contribution >= 4 is 60.4 Å². The van der Waals surface area contributed by atoms with Gasteiger partial charge in [-0.3, -0.25) is 0 Å². The van der Waals surface area contributed by atoms with E-state index in [1.165, 1.54) is 59.5 Å². The molecule has 0 fully saturated rings. The topological polar surface area (TPSA) is 16.4 Å². The van der Waals surface area contributed by atoms with Crippen LogP contribution in [0.15, 0.2) is 192 Å². The van der Waals surface area contributed by atoms with Gasteiger partial charge >= 0.3 is 0 Å². The van der Waals surface area contributed by atoms with Gasteiger partial charge in [-0.25, -0.2) is 0 Å². The summed E-state index contributed by atoms with van der Waals surface area (Å²) in [5.41, 5.74) is 16.5. The van der Waals surface area contributed by atoms with Gasteiger partial charge in [0.25, 0.3) is 0 Å². The minimum absolute atomic E-state index is 0.0286. The van der Waals surface area contributed by atoms with Crippen molar-refractivity contribution in [1.29, 1.82) is 0 Å². The lowest BCUT2D eigenvalue weighted by Gasteiger charge is -2.26. The van der Waals surface area contributed by atoms with Crippen molar-refractivity contribution in [3.05, 3.63) is 199 Å². The van der Waals surface area contributed by atoms with Crippen LogP contribution in [0.1, 0.15) is 25.0 Å². The second kappa shape index (κ2) is 12.7. The summed E-state index contributed by atoms with van der Waals surface area (Å²) in [4.78, 5) is 3.76. The number of benzene rings is 8. The maximum Gasteiger partial charge on any atom is 0.135 e. The molecule has 2 aromatic heterocycles. The van der Waals surface area contributed by atoms with Gasteiger partial charge in [-0.15, -0.1) is 11.3 Å². The van der Waals surface area contributed by atoms with Crippen molar-refractivity contribution in [1.82, 2.24) is 0 Å². The van der Waals surface area contributed by atoms with E-state index in [2.05, 4.69) is 195 Å². The summed E-state index contributed by atoms with van der Waals surface area (Å²) < 4.78 is 7.48. The van der Waals surface area contributed by atoms with Crippen LogP contribution in [0.2, 0.25) is 0 Å². The van der Waals surface area contributed by atoms with Gasteiger partial charge in [0.2, 0.25) is 0 Å². The Labute approximate surface area is 330 Å². The first kappa shape index (κ1) is 32.7. The van der Waals surface area contributed by atoms with Crippen molar-refractivity contribution in [2.24, 2.45) is 0 Å². The molecule has 266 valence electrons. The van der Waals surface area contributed by atoms with E-state index in [9.17, 15) is 0 Å². The van der Waals surface area contributed by atoms with Crippen LogP contribution in [0.25, 0.3) is 75.8 Å². The molecule has 0 N–H and O–H groups in total. The highest BCUT2D eigenvalue weighted by molar-refractivity contribution is 7.22. The summed E-state index contributed by atoms with van der Waals surface area (Å²) >= 11 is 1.93. The van der Waals surface area contributed by atoms with Crippen LogP contribution < -0.4 is 4.90 Å². The van der Waals surface area contributed by atoms with Crippen molar-refractivity contribution in [3.8, 4) is 43.8 Å². The number of hydrogen-bond acceptors (Lipinski definition) is 3. The Morgan fingerprint density at radius 1 is 0.429 bits per heavy atom. The summed E-state index contributed by atoms with van der Waals surface area (Å²) in [6.45, 7) is 4.75. The third-order valence-electron chi connectivity index (χ3n) is 11.7. The maximum atomic E-state index is 6.11. The van der Waals surface area contributed by atoms with Crippen LogP contribution >= 0.6 is 11.3 Å². The standard InChI is InChI=1S/C53H37NOS/c1-53(2)47-30-22-38(33-46(47)52-51(53)44-13-7-9-15-50(44)56-52)36-18-26-41(27-19-36)54(40-24-16-35(17-25-40)34-10-4-3-5-11-34)42-28-20-37(21-29-42)39-23-31-49-45(32-39)43-12-6-8-14-48(43)55-49/h3-33H,1-2H3. The van der Waals surface area contributed by atoms with Crippen LogP contribution in [-0.4, -0.2) is 0 Å². The molecule has 10 aromatic rings. The number of para-hydroxylation sites is 1. The van der Waals surface area contributed by atoms with E-state index in [-0.39, 0.29) is 5.41 Å². The highest BCUT2D eigenvalue weighted by Gasteiger charge is 2.38. The van der Waals surface area contributed by atoms with E-state index in [1.807, 2.05) is 23.5 Å². The number of nitrogens with zero attached hydrogens (tertiary/aromatic N) is 1. The van der Waals surface area contributed by atoms with Gasteiger partial charge in [-0.1, -0.05) is 135 Å². The molecule has 8 aromatic carbocycles. The molecule has 56 heavy (non-hydrogen) atoms. The minimum atomic E-state index is -0.0286. The molecule has 1 aliphatic rings. The molecule has 0 aliphatic heterocycles. The Morgan fingerprint density at radius 3 is 1.61 bits per heavy atom. The Kier molecular flexibility index (Phi) is 7.42. The molecule has 0 unspecified atom stereocenters. The highest BCUT2D eigenvalue weighted by atomic mass is 32.1. The molecule has 1 aliphatic carbocycles. The zero-order chi connectivity index (χ0) is 37.4. The van der Waals surface area contributed by atoms with Gasteiger partial charge in [-0.05, 0) is 122 Å². The van der Waals surface area contributed by atoms with E-state index in [4.69, 9.17) is 4.42 Å². The summed E-state index contributed by atoms with van der Waals surface area (Å²) in [5, 5.41) is 3.67. The van der Waals surface area contributed by atoms with Crippen LogP contribution in [0.4, 0.5) is 17.1 Å². The Hall–Kier alpha value is -6.68. The summed E-state index contributed by atoms with van der Waals surface area (Å²) in [5.74, 6) is 0. The second-order valence-corrected chi connectivity index (χ2v) is 16.4. The monoisotopic (exact) mass is 735 g/mol. The van der Waals surface area contributed by atoms with Crippen LogP contribution in [0.3, 0.4) is 0 Å². The SMILES string of the molecule is CC1(C)c2ccc(-c3ccc(N(c4ccc(-c5ccccc5)cc4)c4ccc(-c5ccc6oc7ccccc7c6c5)cc4)cc3)cc2-c2sc3ccccc3c21. The van der Waals surface area contributed by atoms with Gasteiger partial charge in [-0.2, -0.15) is 0 Å². The molecule has 0 saturated heterocycles. The van der Waals surface area contributed by atoms with Crippen LogP contribution in [0.5, 0.6) is 0 Å². The lowest BCUT2D eigenvalue weighted by molar-refractivity contribution is 0.667. The number of hydrogen-bond donors (Lipinski definition) is 0. The van der Waals surface area contributed by atoms with E-state index in [0.29, 0.717) is 0 Å². The first-order valence-electron chi connectivity index (χ1n) is 19.2. The van der Waals surface area contributed by atoms with Gasteiger partial charge in [0.1, 0.15) is 11.2 Å². The van der Waals surface area contributed by atoms with Crippen molar-refractivity contribution in [2.75, 3.05) is 4.90 Å². The lowest BCUT2D eigenvalue weighted by atomic mass is 9.81.